The van der Waals surface area contributed by atoms with E-state index >= 15 is 0 Å². The molecule has 106 valence electrons. The molecule has 2 amide bonds. The highest BCUT2D eigenvalue weighted by Gasteiger charge is 2.19. The average Bonchev–Trinajstić information content (AvgIpc) is 2.82. The normalized spacial score (nSPS) is 12.8. The Balaban J connectivity index is 1.81. The summed E-state index contributed by atoms with van der Waals surface area (Å²) >= 11 is 0. The Labute approximate surface area is 121 Å². The molecular weight excluding hydrogens is 271 g/mol. The SMILES string of the molecule is Cc1cc(NC(=O)c2ccc3c(c2)NC(=O)C3)ccc1F. The average molecular weight is 284 g/mol. The molecule has 4 nitrogen and oxygen atoms in total. The van der Waals surface area contributed by atoms with Crippen molar-refractivity contribution >= 4 is 23.2 Å². The van der Waals surface area contributed by atoms with E-state index in [1.807, 2.05) is 0 Å². The summed E-state index contributed by atoms with van der Waals surface area (Å²) in [6.45, 7) is 1.63. The molecule has 0 aromatic heterocycles. The minimum atomic E-state index is -0.312. The fraction of sp³-hybridized carbons (Fsp3) is 0.125. The van der Waals surface area contributed by atoms with Crippen molar-refractivity contribution in [2.45, 2.75) is 13.3 Å². The van der Waals surface area contributed by atoms with Gasteiger partial charge in [-0.15, -0.1) is 0 Å². The number of anilines is 2. The van der Waals surface area contributed by atoms with Gasteiger partial charge < -0.3 is 10.6 Å². The van der Waals surface area contributed by atoms with Crippen LogP contribution in [0.25, 0.3) is 0 Å². The molecule has 1 heterocycles. The van der Waals surface area contributed by atoms with E-state index in [0.717, 1.165) is 5.56 Å². The number of fused-ring (bicyclic) bond motifs is 1. The first-order chi connectivity index (χ1) is 10.0. The van der Waals surface area contributed by atoms with E-state index in [1.165, 1.54) is 12.1 Å². The number of benzene rings is 2. The van der Waals surface area contributed by atoms with Gasteiger partial charge in [0.15, 0.2) is 0 Å². The van der Waals surface area contributed by atoms with E-state index in [4.69, 9.17) is 0 Å². The fourth-order valence-corrected chi connectivity index (χ4v) is 2.28. The van der Waals surface area contributed by atoms with Crippen LogP contribution in [0.15, 0.2) is 36.4 Å². The topological polar surface area (TPSA) is 58.2 Å². The van der Waals surface area contributed by atoms with Crippen LogP contribution in [-0.4, -0.2) is 11.8 Å². The predicted molar refractivity (Wildman–Crippen MR) is 77.9 cm³/mol. The number of amides is 2. The highest BCUT2D eigenvalue weighted by atomic mass is 19.1. The number of hydrogen-bond acceptors (Lipinski definition) is 2. The Kier molecular flexibility index (Phi) is 3.17. The summed E-state index contributed by atoms with van der Waals surface area (Å²) < 4.78 is 13.2. The van der Waals surface area contributed by atoms with Gasteiger partial charge in [0, 0.05) is 16.9 Å². The summed E-state index contributed by atoms with van der Waals surface area (Å²) in [5.74, 6) is -0.685. The molecule has 2 aromatic carbocycles. The second-order valence-electron chi connectivity index (χ2n) is 5.01. The molecule has 1 aliphatic rings. The molecule has 0 bridgehead atoms. The Morgan fingerprint density at radius 3 is 2.81 bits per heavy atom. The fourth-order valence-electron chi connectivity index (χ4n) is 2.28. The molecule has 2 aromatic rings. The van der Waals surface area contributed by atoms with Gasteiger partial charge in [0.25, 0.3) is 5.91 Å². The molecule has 0 unspecified atom stereocenters. The molecule has 0 atom stereocenters. The number of carbonyl (C=O) groups is 2. The van der Waals surface area contributed by atoms with Crippen LogP contribution in [0.4, 0.5) is 15.8 Å². The largest absolute Gasteiger partial charge is 0.326 e. The number of halogens is 1. The van der Waals surface area contributed by atoms with E-state index in [1.54, 1.807) is 31.2 Å². The molecule has 1 aliphatic heterocycles. The van der Waals surface area contributed by atoms with Gasteiger partial charge in [0.2, 0.25) is 5.91 Å². The van der Waals surface area contributed by atoms with Gasteiger partial charge in [0.1, 0.15) is 5.82 Å². The minimum absolute atomic E-state index is 0.0725. The van der Waals surface area contributed by atoms with Gasteiger partial charge in [-0.3, -0.25) is 9.59 Å². The first kappa shape index (κ1) is 13.3. The zero-order valence-corrected chi connectivity index (χ0v) is 11.4. The first-order valence-electron chi connectivity index (χ1n) is 6.53. The van der Waals surface area contributed by atoms with Crippen LogP contribution >= 0.6 is 0 Å². The summed E-state index contributed by atoms with van der Waals surface area (Å²) in [7, 11) is 0. The van der Waals surface area contributed by atoms with Gasteiger partial charge in [-0.05, 0) is 48.4 Å². The van der Waals surface area contributed by atoms with Crippen molar-refractivity contribution in [3.05, 3.63) is 58.9 Å². The molecule has 5 heteroatoms. The van der Waals surface area contributed by atoms with Crippen LogP contribution in [0.5, 0.6) is 0 Å². The maximum Gasteiger partial charge on any atom is 0.255 e. The highest BCUT2D eigenvalue weighted by Crippen LogP contribution is 2.24. The van der Waals surface area contributed by atoms with Crippen molar-refractivity contribution in [1.29, 1.82) is 0 Å². The van der Waals surface area contributed by atoms with Gasteiger partial charge in [-0.25, -0.2) is 4.39 Å². The molecule has 2 N–H and O–H groups in total. The smallest absolute Gasteiger partial charge is 0.255 e. The lowest BCUT2D eigenvalue weighted by molar-refractivity contribution is -0.115. The number of carbonyl (C=O) groups excluding carboxylic acids is 2. The van der Waals surface area contributed by atoms with E-state index < -0.39 is 0 Å². The lowest BCUT2D eigenvalue weighted by Gasteiger charge is -2.08. The summed E-state index contributed by atoms with van der Waals surface area (Å²) in [6, 6.07) is 9.47. The molecule has 0 fully saturated rings. The van der Waals surface area contributed by atoms with Gasteiger partial charge >= 0.3 is 0 Å². The maximum atomic E-state index is 13.2. The third-order valence-electron chi connectivity index (χ3n) is 3.41. The molecule has 21 heavy (non-hydrogen) atoms. The molecule has 0 saturated heterocycles. The molecule has 0 aliphatic carbocycles. The summed E-state index contributed by atoms with van der Waals surface area (Å²) in [4.78, 5) is 23.5. The van der Waals surface area contributed by atoms with Crippen LogP contribution in [0.3, 0.4) is 0 Å². The Morgan fingerprint density at radius 2 is 2.05 bits per heavy atom. The van der Waals surface area contributed by atoms with Crippen molar-refractivity contribution < 1.29 is 14.0 Å². The van der Waals surface area contributed by atoms with Crippen LogP contribution in [0.1, 0.15) is 21.5 Å². The Hall–Kier alpha value is -2.69. The van der Waals surface area contributed by atoms with E-state index in [9.17, 15) is 14.0 Å². The zero-order chi connectivity index (χ0) is 15.0. The van der Waals surface area contributed by atoms with Crippen molar-refractivity contribution in [3.63, 3.8) is 0 Å². The number of aryl methyl sites for hydroxylation is 1. The van der Waals surface area contributed by atoms with Gasteiger partial charge in [-0.1, -0.05) is 6.07 Å². The summed E-state index contributed by atoms with van der Waals surface area (Å²) in [5.41, 5.74) is 2.99. The Morgan fingerprint density at radius 1 is 1.24 bits per heavy atom. The van der Waals surface area contributed by atoms with Gasteiger partial charge in [0.05, 0.1) is 6.42 Å². The molecule has 0 spiro atoms. The van der Waals surface area contributed by atoms with Crippen molar-refractivity contribution in [2.24, 2.45) is 0 Å². The Bertz CT molecular complexity index is 756. The lowest BCUT2D eigenvalue weighted by Crippen LogP contribution is -2.12. The maximum absolute atomic E-state index is 13.2. The monoisotopic (exact) mass is 284 g/mol. The third-order valence-corrected chi connectivity index (χ3v) is 3.41. The second kappa shape index (κ2) is 5.01. The number of hydrogen-bond donors (Lipinski definition) is 2. The molecule has 0 radical (unpaired) electrons. The summed E-state index contributed by atoms with van der Waals surface area (Å²) in [5, 5.41) is 5.41. The molecular formula is C16H13FN2O2. The van der Waals surface area contributed by atoms with Crippen LogP contribution < -0.4 is 10.6 Å². The lowest BCUT2D eigenvalue weighted by atomic mass is 10.1. The van der Waals surface area contributed by atoms with E-state index in [2.05, 4.69) is 10.6 Å². The van der Waals surface area contributed by atoms with E-state index in [-0.39, 0.29) is 17.6 Å². The predicted octanol–water partition coefficient (Wildman–Crippen LogP) is 2.88. The van der Waals surface area contributed by atoms with Crippen LogP contribution in [0, 0.1) is 12.7 Å². The van der Waals surface area contributed by atoms with Crippen molar-refractivity contribution in [2.75, 3.05) is 10.6 Å². The van der Waals surface area contributed by atoms with Crippen LogP contribution in [0.2, 0.25) is 0 Å². The highest BCUT2D eigenvalue weighted by molar-refractivity contribution is 6.07. The van der Waals surface area contributed by atoms with Crippen LogP contribution in [-0.2, 0) is 11.2 Å². The van der Waals surface area contributed by atoms with Gasteiger partial charge in [-0.2, -0.15) is 0 Å². The number of rotatable bonds is 2. The quantitative estimate of drug-likeness (QED) is 0.891. The third kappa shape index (κ3) is 2.63. The molecule has 3 rings (SSSR count). The van der Waals surface area contributed by atoms with Crippen molar-refractivity contribution in [1.82, 2.24) is 0 Å². The standard InChI is InChI=1S/C16H13FN2O2/c1-9-6-12(4-5-13(9)17)18-16(21)11-3-2-10-8-15(20)19-14(10)7-11/h2-7H,8H2,1H3,(H,18,21)(H,19,20). The number of nitrogens with one attached hydrogen (secondary N) is 2. The zero-order valence-electron chi connectivity index (χ0n) is 11.4. The first-order valence-corrected chi connectivity index (χ1v) is 6.53. The van der Waals surface area contributed by atoms with Crippen molar-refractivity contribution in [3.8, 4) is 0 Å². The second-order valence-corrected chi connectivity index (χ2v) is 5.01. The van der Waals surface area contributed by atoms with E-state index in [0.29, 0.717) is 28.9 Å². The summed E-state index contributed by atoms with van der Waals surface area (Å²) in [6.07, 6.45) is 0.342. The molecule has 0 saturated carbocycles. The minimum Gasteiger partial charge on any atom is -0.326 e.